The highest BCUT2D eigenvalue weighted by atomic mass is 32.1. The van der Waals surface area contributed by atoms with E-state index in [2.05, 4.69) is 15.5 Å². The van der Waals surface area contributed by atoms with Crippen LogP contribution in [0.15, 0.2) is 29.4 Å². The lowest BCUT2D eigenvalue weighted by molar-refractivity contribution is 0.628. The van der Waals surface area contributed by atoms with Crippen LogP contribution in [0.4, 0.5) is 9.52 Å². The Labute approximate surface area is 115 Å². The van der Waals surface area contributed by atoms with E-state index < -0.39 is 0 Å². The van der Waals surface area contributed by atoms with E-state index in [1.807, 2.05) is 0 Å². The normalized spacial score (nSPS) is 14.6. The summed E-state index contributed by atoms with van der Waals surface area (Å²) in [5.41, 5.74) is 5.02. The number of nitrogens with zero attached hydrogens (tertiary/aromatic N) is 2. The van der Waals surface area contributed by atoms with Crippen LogP contribution >= 0.6 is 11.3 Å². The number of hydrogen-bond donors (Lipinski definition) is 1. The Hall–Kier alpha value is -1.75. The largest absolute Gasteiger partial charge is 0.253 e. The van der Waals surface area contributed by atoms with Gasteiger partial charge in [0.25, 0.3) is 0 Å². The van der Waals surface area contributed by atoms with Crippen molar-refractivity contribution < 1.29 is 4.39 Å². The quantitative estimate of drug-likeness (QED) is 0.686. The van der Waals surface area contributed by atoms with Crippen molar-refractivity contribution in [1.29, 1.82) is 0 Å². The van der Waals surface area contributed by atoms with Gasteiger partial charge in [-0.3, -0.25) is 5.43 Å². The summed E-state index contributed by atoms with van der Waals surface area (Å²) < 4.78 is 12.7. The van der Waals surface area contributed by atoms with Gasteiger partial charge in [0.2, 0.25) is 5.13 Å². The molecule has 1 aromatic carbocycles. The second-order valence-corrected chi connectivity index (χ2v) is 5.60. The fourth-order valence-electron chi connectivity index (χ4n) is 2.11. The van der Waals surface area contributed by atoms with Gasteiger partial charge >= 0.3 is 0 Å². The second-order valence-electron chi connectivity index (χ2n) is 4.52. The number of rotatable bonds is 3. The molecular weight excluding hydrogens is 261 g/mol. The van der Waals surface area contributed by atoms with Gasteiger partial charge in [0, 0.05) is 4.88 Å². The Morgan fingerprint density at radius 1 is 1.21 bits per heavy atom. The van der Waals surface area contributed by atoms with Gasteiger partial charge in [0.05, 0.1) is 11.9 Å². The summed E-state index contributed by atoms with van der Waals surface area (Å²) in [7, 11) is 0. The first-order valence-electron chi connectivity index (χ1n) is 6.34. The number of hydrogen-bond acceptors (Lipinski definition) is 4. The third kappa shape index (κ3) is 2.98. The number of benzene rings is 1. The van der Waals surface area contributed by atoms with Crippen molar-refractivity contribution in [3.63, 3.8) is 0 Å². The number of halogens is 1. The van der Waals surface area contributed by atoms with Gasteiger partial charge in [-0.25, -0.2) is 9.37 Å². The monoisotopic (exact) mass is 275 g/mol. The van der Waals surface area contributed by atoms with Crippen LogP contribution in [0, 0.1) is 5.82 Å². The summed E-state index contributed by atoms with van der Waals surface area (Å²) in [5, 5.41) is 4.97. The van der Waals surface area contributed by atoms with Crippen LogP contribution in [-0.2, 0) is 12.8 Å². The first-order chi connectivity index (χ1) is 9.31. The zero-order valence-corrected chi connectivity index (χ0v) is 11.2. The molecule has 1 aliphatic carbocycles. The highest BCUT2D eigenvalue weighted by Crippen LogP contribution is 2.29. The fraction of sp³-hybridized carbons (Fsp3) is 0.286. The van der Waals surface area contributed by atoms with E-state index in [4.69, 9.17) is 0 Å². The molecular formula is C14H14FN3S. The molecule has 0 saturated heterocycles. The van der Waals surface area contributed by atoms with Crippen molar-refractivity contribution in [1.82, 2.24) is 4.98 Å². The van der Waals surface area contributed by atoms with Crippen molar-refractivity contribution in [2.75, 3.05) is 5.43 Å². The Bertz CT molecular complexity index is 566. The van der Waals surface area contributed by atoms with Crippen LogP contribution in [0.5, 0.6) is 0 Å². The molecule has 1 heterocycles. The molecule has 2 aromatic rings. The van der Waals surface area contributed by atoms with Crippen LogP contribution in [0.1, 0.15) is 29.0 Å². The molecule has 0 radical (unpaired) electrons. The lowest BCUT2D eigenvalue weighted by Crippen LogP contribution is -1.99. The Kier molecular flexibility index (Phi) is 3.55. The molecule has 0 amide bonds. The lowest BCUT2D eigenvalue weighted by atomic mass is 10.0. The van der Waals surface area contributed by atoms with Crippen molar-refractivity contribution in [2.45, 2.75) is 25.7 Å². The maximum absolute atomic E-state index is 12.7. The zero-order chi connectivity index (χ0) is 13.1. The number of anilines is 1. The van der Waals surface area contributed by atoms with Gasteiger partial charge in [-0.1, -0.05) is 12.1 Å². The second kappa shape index (κ2) is 5.48. The zero-order valence-electron chi connectivity index (χ0n) is 10.4. The van der Waals surface area contributed by atoms with Crippen molar-refractivity contribution in [3.8, 4) is 0 Å². The minimum atomic E-state index is -0.238. The molecule has 98 valence electrons. The van der Waals surface area contributed by atoms with Gasteiger partial charge in [-0.15, -0.1) is 11.3 Å². The maximum atomic E-state index is 12.7. The summed E-state index contributed by atoms with van der Waals surface area (Å²) >= 11 is 1.68. The van der Waals surface area contributed by atoms with Crippen LogP contribution in [0.25, 0.3) is 0 Å². The highest BCUT2D eigenvalue weighted by Gasteiger charge is 2.14. The third-order valence-electron chi connectivity index (χ3n) is 3.09. The van der Waals surface area contributed by atoms with Gasteiger partial charge < -0.3 is 0 Å². The highest BCUT2D eigenvalue weighted by molar-refractivity contribution is 7.15. The van der Waals surface area contributed by atoms with Gasteiger partial charge in [-0.05, 0) is 43.4 Å². The molecule has 1 N–H and O–H groups in total. The lowest BCUT2D eigenvalue weighted by Gasteiger charge is -2.06. The third-order valence-corrected chi connectivity index (χ3v) is 4.15. The minimum absolute atomic E-state index is 0.238. The first kappa shape index (κ1) is 12.3. The minimum Gasteiger partial charge on any atom is -0.253 e. The van der Waals surface area contributed by atoms with Crippen molar-refractivity contribution >= 4 is 22.7 Å². The van der Waals surface area contributed by atoms with Crippen LogP contribution < -0.4 is 5.43 Å². The Morgan fingerprint density at radius 2 is 2.00 bits per heavy atom. The predicted octanol–water partition coefficient (Wildman–Crippen LogP) is 3.61. The van der Waals surface area contributed by atoms with E-state index in [9.17, 15) is 4.39 Å². The van der Waals surface area contributed by atoms with Gasteiger partial charge in [0.1, 0.15) is 5.82 Å². The molecule has 1 aromatic heterocycles. The SMILES string of the molecule is Fc1ccc(/C=N\Nc2nc3c(s2)CCCC3)cc1. The molecule has 5 heteroatoms. The molecule has 0 saturated carbocycles. The molecule has 0 atom stereocenters. The summed E-state index contributed by atoms with van der Waals surface area (Å²) in [6.07, 6.45) is 6.37. The van der Waals surface area contributed by atoms with E-state index in [1.54, 1.807) is 29.7 Å². The van der Waals surface area contributed by atoms with Gasteiger partial charge in [-0.2, -0.15) is 5.10 Å². The smallest absolute Gasteiger partial charge is 0.203 e. The Balaban J connectivity index is 1.65. The number of fused-ring (bicyclic) bond motifs is 1. The average molecular weight is 275 g/mol. The first-order valence-corrected chi connectivity index (χ1v) is 7.16. The van der Waals surface area contributed by atoms with E-state index >= 15 is 0 Å². The number of nitrogens with one attached hydrogen (secondary N) is 1. The van der Waals surface area contributed by atoms with Crippen LogP contribution in [0.2, 0.25) is 0 Å². The van der Waals surface area contributed by atoms with Crippen molar-refractivity contribution in [3.05, 3.63) is 46.2 Å². The molecule has 3 nitrogen and oxygen atoms in total. The summed E-state index contributed by atoms with van der Waals surface area (Å²) in [6.45, 7) is 0. The number of aromatic nitrogens is 1. The molecule has 0 unspecified atom stereocenters. The predicted molar refractivity (Wildman–Crippen MR) is 76.4 cm³/mol. The average Bonchev–Trinajstić information content (AvgIpc) is 2.83. The number of aryl methyl sites for hydroxylation is 2. The Morgan fingerprint density at radius 3 is 2.79 bits per heavy atom. The molecule has 1 aliphatic rings. The van der Waals surface area contributed by atoms with E-state index in [1.165, 1.54) is 35.5 Å². The molecule has 0 spiro atoms. The number of hydrazone groups is 1. The van der Waals surface area contributed by atoms with Crippen LogP contribution in [0.3, 0.4) is 0 Å². The topological polar surface area (TPSA) is 37.3 Å². The summed E-state index contributed by atoms with van der Waals surface area (Å²) in [5.74, 6) is -0.238. The molecule has 3 rings (SSSR count). The van der Waals surface area contributed by atoms with E-state index in [0.717, 1.165) is 23.5 Å². The van der Waals surface area contributed by atoms with Crippen LogP contribution in [-0.4, -0.2) is 11.2 Å². The molecule has 0 aliphatic heterocycles. The fourth-order valence-corrected chi connectivity index (χ4v) is 3.11. The number of thiazole rings is 1. The molecule has 0 bridgehead atoms. The maximum Gasteiger partial charge on any atom is 0.203 e. The molecule has 0 fully saturated rings. The summed E-state index contributed by atoms with van der Waals surface area (Å²) in [4.78, 5) is 5.91. The van der Waals surface area contributed by atoms with E-state index in [-0.39, 0.29) is 5.82 Å². The van der Waals surface area contributed by atoms with Gasteiger partial charge in [0.15, 0.2) is 0 Å². The summed E-state index contributed by atoms with van der Waals surface area (Å²) in [6, 6.07) is 6.22. The standard InChI is InChI=1S/C14H14FN3S/c15-11-7-5-10(6-8-11)9-16-18-14-17-12-3-1-2-4-13(12)19-14/h5-9H,1-4H2,(H,17,18)/b16-9-. The van der Waals surface area contributed by atoms with Crippen molar-refractivity contribution in [2.24, 2.45) is 5.10 Å². The molecule has 19 heavy (non-hydrogen) atoms. The van der Waals surface area contributed by atoms with E-state index in [0.29, 0.717) is 0 Å².